The highest BCUT2D eigenvalue weighted by molar-refractivity contribution is 6.17. The minimum absolute atomic E-state index is 0.0235. The number of esters is 2. The van der Waals surface area contributed by atoms with Gasteiger partial charge in [0.15, 0.2) is 5.84 Å². The number of ether oxygens (including phenoxy) is 2. The first-order valence-corrected chi connectivity index (χ1v) is 8.31. The molecular formula is C18H23N3O5. The van der Waals surface area contributed by atoms with Gasteiger partial charge in [0.1, 0.15) is 11.2 Å². The van der Waals surface area contributed by atoms with Crippen molar-refractivity contribution in [1.82, 2.24) is 10.3 Å². The SMILES string of the molecule is COC(=O)c1cc(CCOC(C)=O)cnc1C1=NC(C)(C(C)C)C(=O)N1. The molecule has 1 aliphatic heterocycles. The highest BCUT2D eigenvalue weighted by Crippen LogP contribution is 2.27. The number of carbonyl (C=O) groups is 3. The van der Waals surface area contributed by atoms with Gasteiger partial charge in [0.25, 0.3) is 5.91 Å². The zero-order chi connectivity index (χ0) is 19.5. The average Bonchev–Trinajstić information content (AvgIpc) is 2.90. The van der Waals surface area contributed by atoms with Crippen LogP contribution in [0.15, 0.2) is 17.3 Å². The third kappa shape index (κ3) is 3.89. The van der Waals surface area contributed by atoms with Gasteiger partial charge in [-0.2, -0.15) is 0 Å². The maximum Gasteiger partial charge on any atom is 0.340 e. The van der Waals surface area contributed by atoms with Gasteiger partial charge in [0.2, 0.25) is 0 Å². The molecule has 2 heterocycles. The number of pyridine rings is 1. The lowest BCUT2D eigenvalue weighted by molar-refractivity contribution is -0.140. The van der Waals surface area contributed by atoms with Crippen molar-refractivity contribution in [3.8, 4) is 0 Å². The highest BCUT2D eigenvalue weighted by Gasteiger charge is 2.43. The first-order chi connectivity index (χ1) is 12.2. The standard InChI is InChI=1S/C18H23N3O5/c1-10(2)18(4)17(24)20-15(21-18)14-13(16(23)25-5)8-12(9-19-14)6-7-26-11(3)22/h8-10H,6-7H2,1-5H3,(H,20,21,24). The van der Waals surface area contributed by atoms with Crippen LogP contribution in [0, 0.1) is 5.92 Å². The number of aliphatic imine (C=N–C) groups is 1. The topological polar surface area (TPSA) is 107 Å². The average molecular weight is 361 g/mol. The number of carbonyl (C=O) groups excluding carboxylic acids is 3. The first kappa shape index (κ1) is 19.6. The molecule has 26 heavy (non-hydrogen) atoms. The van der Waals surface area contributed by atoms with Gasteiger partial charge in [-0.1, -0.05) is 13.8 Å². The normalized spacial score (nSPS) is 19.2. The molecule has 8 heteroatoms. The van der Waals surface area contributed by atoms with Crippen molar-refractivity contribution in [2.75, 3.05) is 13.7 Å². The summed E-state index contributed by atoms with van der Waals surface area (Å²) in [5, 5.41) is 2.71. The van der Waals surface area contributed by atoms with Gasteiger partial charge in [-0.15, -0.1) is 0 Å². The molecule has 0 spiro atoms. The van der Waals surface area contributed by atoms with E-state index in [1.165, 1.54) is 14.0 Å². The molecule has 0 bridgehead atoms. The Morgan fingerprint density at radius 2 is 2.04 bits per heavy atom. The van der Waals surface area contributed by atoms with Gasteiger partial charge in [0.05, 0.1) is 19.3 Å². The van der Waals surface area contributed by atoms with E-state index in [2.05, 4.69) is 15.3 Å². The summed E-state index contributed by atoms with van der Waals surface area (Å²) in [4.78, 5) is 44.2. The van der Waals surface area contributed by atoms with Crippen LogP contribution in [0.1, 0.15) is 49.3 Å². The van der Waals surface area contributed by atoms with E-state index in [0.29, 0.717) is 12.0 Å². The van der Waals surface area contributed by atoms with E-state index in [4.69, 9.17) is 9.47 Å². The van der Waals surface area contributed by atoms with Gasteiger partial charge < -0.3 is 14.8 Å². The zero-order valence-corrected chi connectivity index (χ0v) is 15.6. The Kier molecular flexibility index (Phi) is 5.74. The quantitative estimate of drug-likeness (QED) is 0.765. The van der Waals surface area contributed by atoms with Gasteiger partial charge in [-0.3, -0.25) is 14.6 Å². The van der Waals surface area contributed by atoms with E-state index < -0.39 is 11.5 Å². The smallest absolute Gasteiger partial charge is 0.340 e. The predicted octanol–water partition coefficient (Wildman–Crippen LogP) is 1.26. The summed E-state index contributed by atoms with van der Waals surface area (Å²) < 4.78 is 9.74. The van der Waals surface area contributed by atoms with Gasteiger partial charge in [0, 0.05) is 19.5 Å². The minimum Gasteiger partial charge on any atom is -0.466 e. The van der Waals surface area contributed by atoms with Crippen LogP contribution >= 0.6 is 0 Å². The molecule has 8 nitrogen and oxygen atoms in total. The number of amidine groups is 1. The van der Waals surface area contributed by atoms with Crippen LogP contribution in [-0.4, -0.2) is 47.9 Å². The summed E-state index contributed by atoms with van der Waals surface area (Å²) in [5.41, 5.74) is 0.232. The van der Waals surface area contributed by atoms with E-state index in [1.54, 1.807) is 19.2 Å². The molecular weight excluding hydrogens is 338 g/mol. The van der Waals surface area contributed by atoms with Gasteiger partial charge in [-0.25, -0.2) is 9.79 Å². The second-order valence-corrected chi connectivity index (χ2v) is 6.54. The van der Waals surface area contributed by atoms with Crippen molar-refractivity contribution < 1.29 is 23.9 Å². The maximum atomic E-state index is 12.3. The molecule has 140 valence electrons. The number of rotatable bonds is 6. The fraction of sp³-hybridized carbons (Fsp3) is 0.500. The molecule has 0 radical (unpaired) electrons. The van der Waals surface area contributed by atoms with E-state index in [9.17, 15) is 14.4 Å². The summed E-state index contributed by atoms with van der Waals surface area (Å²) >= 11 is 0. The molecule has 1 aromatic heterocycles. The largest absolute Gasteiger partial charge is 0.466 e. The zero-order valence-electron chi connectivity index (χ0n) is 15.6. The summed E-state index contributed by atoms with van der Waals surface area (Å²) in [6, 6.07) is 1.61. The molecule has 1 amide bonds. The minimum atomic E-state index is -0.918. The van der Waals surface area contributed by atoms with Crippen molar-refractivity contribution in [2.24, 2.45) is 10.9 Å². The number of hydrogen-bond acceptors (Lipinski definition) is 7. The third-order valence-electron chi connectivity index (χ3n) is 4.43. The Labute approximate surface area is 152 Å². The van der Waals surface area contributed by atoms with Crippen LogP contribution in [0.25, 0.3) is 0 Å². The summed E-state index contributed by atoms with van der Waals surface area (Å²) in [6.45, 7) is 7.05. The molecule has 1 atom stereocenters. The third-order valence-corrected chi connectivity index (χ3v) is 4.43. The van der Waals surface area contributed by atoms with Crippen LogP contribution in [0.4, 0.5) is 0 Å². The molecule has 1 aliphatic rings. The van der Waals surface area contributed by atoms with E-state index in [-0.39, 0.29) is 41.5 Å². The van der Waals surface area contributed by atoms with Gasteiger partial charge >= 0.3 is 11.9 Å². The Hall–Kier alpha value is -2.77. The van der Waals surface area contributed by atoms with Crippen molar-refractivity contribution in [3.63, 3.8) is 0 Å². The van der Waals surface area contributed by atoms with Crippen LogP contribution in [-0.2, 0) is 25.5 Å². The van der Waals surface area contributed by atoms with Gasteiger partial charge in [-0.05, 0) is 24.5 Å². The molecule has 0 aromatic carbocycles. The highest BCUT2D eigenvalue weighted by atomic mass is 16.5. The van der Waals surface area contributed by atoms with Crippen LogP contribution in [0.3, 0.4) is 0 Å². The Balaban J connectivity index is 2.38. The molecule has 0 aliphatic carbocycles. The maximum absolute atomic E-state index is 12.3. The molecule has 0 fully saturated rings. The lowest BCUT2D eigenvalue weighted by Gasteiger charge is -2.21. The van der Waals surface area contributed by atoms with Crippen molar-refractivity contribution in [3.05, 3.63) is 29.1 Å². The molecule has 0 saturated heterocycles. The number of nitrogens with zero attached hydrogens (tertiary/aromatic N) is 2. The van der Waals surface area contributed by atoms with Crippen molar-refractivity contribution in [1.29, 1.82) is 0 Å². The van der Waals surface area contributed by atoms with E-state index >= 15 is 0 Å². The van der Waals surface area contributed by atoms with Crippen LogP contribution in [0.2, 0.25) is 0 Å². The number of hydrogen-bond donors (Lipinski definition) is 1. The van der Waals surface area contributed by atoms with E-state index in [1.807, 2.05) is 13.8 Å². The summed E-state index contributed by atoms with van der Waals surface area (Å²) in [7, 11) is 1.27. The first-order valence-electron chi connectivity index (χ1n) is 8.31. The second kappa shape index (κ2) is 7.63. The Morgan fingerprint density at radius 1 is 1.35 bits per heavy atom. The van der Waals surface area contributed by atoms with Crippen molar-refractivity contribution in [2.45, 2.75) is 39.7 Å². The monoisotopic (exact) mass is 361 g/mol. The summed E-state index contributed by atoms with van der Waals surface area (Å²) in [6.07, 6.45) is 1.96. The number of nitrogens with one attached hydrogen (secondary N) is 1. The molecule has 2 rings (SSSR count). The molecule has 1 unspecified atom stereocenters. The molecule has 1 aromatic rings. The Morgan fingerprint density at radius 3 is 2.58 bits per heavy atom. The lowest BCUT2D eigenvalue weighted by atomic mass is 9.89. The van der Waals surface area contributed by atoms with Crippen LogP contribution < -0.4 is 5.32 Å². The van der Waals surface area contributed by atoms with Crippen LogP contribution in [0.5, 0.6) is 0 Å². The fourth-order valence-corrected chi connectivity index (χ4v) is 2.46. The second-order valence-electron chi connectivity index (χ2n) is 6.54. The Bertz CT molecular complexity index is 772. The number of amides is 1. The predicted molar refractivity (Wildman–Crippen MR) is 93.8 cm³/mol. The molecule has 1 N–H and O–H groups in total. The summed E-state index contributed by atoms with van der Waals surface area (Å²) in [5.74, 6) is -0.975. The van der Waals surface area contributed by atoms with Crippen molar-refractivity contribution >= 4 is 23.7 Å². The number of aromatic nitrogens is 1. The van der Waals surface area contributed by atoms with E-state index in [0.717, 1.165) is 0 Å². The lowest BCUT2D eigenvalue weighted by Crippen LogP contribution is -2.41. The number of methoxy groups -OCH3 is 1. The molecule has 0 saturated carbocycles. The fourth-order valence-electron chi connectivity index (χ4n) is 2.46.